The molecule has 0 spiro atoms. The van der Waals surface area contributed by atoms with Crippen LogP contribution in [0.3, 0.4) is 0 Å². The summed E-state index contributed by atoms with van der Waals surface area (Å²) in [5, 5.41) is 5.62. The van der Waals surface area contributed by atoms with Crippen molar-refractivity contribution < 1.29 is 15.4 Å². The first-order valence-corrected chi connectivity index (χ1v) is 17.1. The summed E-state index contributed by atoms with van der Waals surface area (Å²) in [4.78, 5) is 1.34. The van der Waals surface area contributed by atoms with Gasteiger partial charge in [-0.2, -0.15) is 0 Å². The molecule has 1 aromatic heterocycles. The zero-order valence-corrected chi connectivity index (χ0v) is 27.8. The van der Waals surface area contributed by atoms with Crippen molar-refractivity contribution in [1.29, 1.82) is 0 Å². The summed E-state index contributed by atoms with van der Waals surface area (Å²) in [6, 6.07) is 44.4. The molecular formula is C50H33NO. The molecule has 0 aliphatic heterocycles. The van der Waals surface area contributed by atoms with Crippen LogP contribution in [0.5, 0.6) is 0 Å². The summed E-state index contributed by atoms with van der Waals surface area (Å²) in [6.07, 6.45) is 0. The Labute approximate surface area is 313 Å². The smallest absolute Gasteiger partial charge is 0.143 e. The number of anilines is 3. The molecule has 2 nitrogen and oxygen atoms in total. The molecule has 10 rings (SSSR count). The van der Waals surface area contributed by atoms with Gasteiger partial charge in [0.05, 0.1) is 11.0 Å². The molecule has 244 valence electrons. The Morgan fingerprint density at radius 2 is 0.962 bits per heavy atom. The lowest BCUT2D eigenvalue weighted by molar-refractivity contribution is 0.673. The third-order valence-electron chi connectivity index (χ3n) is 9.62. The van der Waals surface area contributed by atoms with Crippen LogP contribution in [0.2, 0.25) is 0 Å². The third kappa shape index (κ3) is 5.12. The Morgan fingerprint density at radius 1 is 0.365 bits per heavy atom. The number of hydrogen-bond donors (Lipinski definition) is 0. The van der Waals surface area contributed by atoms with Gasteiger partial charge in [-0.3, -0.25) is 0 Å². The summed E-state index contributed by atoms with van der Waals surface area (Å²) in [6.45, 7) is 0. The van der Waals surface area contributed by atoms with Crippen molar-refractivity contribution in [3.63, 3.8) is 0 Å². The van der Waals surface area contributed by atoms with E-state index in [9.17, 15) is 11.0 Å². The number of furan rings is 1. The summed E-state index contributed by atoms with van der Waals surface area (Å²) >= 11 is 0. The molecule has 0 bridgehead atoms. The van der Waals surface area contributed by atoms with Crippen LogP contribution in [0, 0.1) is 0 Å². The first kappa shape index (κ1) is 22.7. The topological polar surface area (TPSA) is 16.4 Å². The van der Waals surface area contributed by atoms with Crippen molar-refractivity contribution in [3.05, 3.63) is 200 Å². The minimum Gasteiger partial charge on any atom is -0.455 e. The van der Waals surface area contributed by atoms with Gasteiger partial charge in [-0.05, 0) is 98.0 Å². The predicted octanol–water partition coefficient (Wildman–Crippen LogP) is 14.4. The predicted molar refractivity (Wildman–Crippen MR) is 220 cm³/mol. The van der Waals surface area contributed by atoms with Gasteiger partial charge in [-0.15, -0.1) is 0 Å². The van der Waals surface area contributed by atoms with Gasteiger partial charge in [-0.1, -0.05) is 152 Å². The lowest BCUT2D eigenvalue weighted by Gasteiger charge is -2.26. The molecule has 9 aromatic carbocycles. The minimum atomic E-state index is -0.395. The van der Waals surface area contributed by atoms with Crippen LogP contribution in [-0.2, 0) is 0 Å². The van der Waals surface area contributed by atoms with Gasteiger partial charge in [0, 0.05) is 33.2 Å². The van der Waals surface area contributed by atoms with Gasteiger partial charge in [-0.25, -0.2) is 0 Å². The fourth-order valence-corrected chi connectivity index (χ4v) is 7.12. The fraction of sp³-hybridized carbons (Fsp3) is 0. The molecule has 0 unspecified atom stereocenters. The quantitative estimate of drug-likeness (QED) is 0.175. The molecule has 2 heteroatoms. The average molecular weight is 672 g/mol. The van der Waals surface area contributed by atoms with Crippen LogP contribution in [0.4, 0.5) is 17.1 Å². The molecule has 0 radical (unpaired) electrons. The highest BCUT2D eigenvalue weighted by Crippen LogP contribution is 2.42. The number of nitrogens with zero attached hydrogens (tertiary/aromatic N) is 1. The average Bonchev–Trinajstić information content (AvgIpc) is 3.68. The van der Waals surface area contributed by atoms with Gasteiger partial charge in [0.2, 0.25) is 0 Å². The summed E-state index contributed by atoms with van der Waals surface area (Å²) in [5.74, 6) is 0. The maximum Gasteiger partial charge on any atom is 0.143 e. The molecule has 0 atom stereocenters. The highest BCUT2D eigenvalue weighted by molar-refractivity contribution is 6.19. The van der Waals surface area contributed by atoms with E-state index < -0.39 is 24.2 Å². The number of benzene rings is 9. The van der Waals surface area contributed by atoms with E-state index in [1.807, 2.05) is 91.0 Å². The maximum absolute atomic E-state index is 9.51. The van der Waals surface area contributed by atoms with Crippen LogP contribution in [0.15, 0.2) is 204 Å². The highest BCUT2D eigenvalue weighted by atomic mass is 16.3. The lowest BCUT2D eigenvalue weighted by atomic mass is 9.97. The second kappa shape index (κ2) is 12.5. The second-order valence-corrected chi connectivity index (χ2v) is 12.7. The molecule has 0 fully saturated rings. The first-order chi connectivity index (χ1) is 29.1. The monoisotopic (exact) mass is 671 g/mol. The SMILES string of the molecule is [2H]c1c([2H])c(N(c2ccc(-c3cccc4oc5c6ccccc6ccc5c34)cc2)c2c([2H])c([2H])c(-c3cccc4ccccc34)c([2H])c2[2H])c([2H])c([2H])c1-c1ccccc1. The van der Waals surface area contributed by atoms with E-state index in [-0.39, 0.29) is 46.7 Å². The van der Waals surface area contributed by atoms with Crippen molar-refractivity contribution in [2.24, 2.45) is 0 Å². The molecule has 0 saturated heterocycles. The molecule has 0 saturated carbocycles. The van der Waals surface area contributed by atoms with Crippen molar-refractivity contribution in [2.45, 2.75) is 0 Å². The van der Waals surface area contributed by atoms with Gasteiger partial charge < -0.3 is 9.32 Å². The molecule has 0 aliphatic rings. The van der Waals surface area contributed by atoms with Crippen molar-refractivity contribution in [1.82, 2.24) is 0 Å². The van der Waals surface area contributed by atoms with E-state index >= 15 is 0 Å². The maximum atomic E-state index is 9.51. The molecule has 10 aromatic rings. The summed E-state index contributed by atoms with van der Waals surface area (Å²) in [5.41, 5.74) is 4.43. The highest BCUT2D eigenvalue weighted by Gasteiger charge is 2.17. The van der Waals surface area contributed by atoms with Crippen LogP contribution < -0.4 is 4.90 Å². The Balaban J connectivity index is 1.20. The van der Waals surface area contributed by atoms with Gasteiger partial charge >= 0.3 is 0 Å². The van der Waals surface area contributed by atoms with Crippen LogP contribution in [0.1, 0.15) is 11.0 Å². The zero-order valence-electron chi connectivity index (χ0n) is 35.8. The largest absolute Gasteiger partial charge is 0.455 e. The molecule has 1 heterocycles. The minimum absolute atomic E-state index is 0.115. The summed E-state index contributed by atoms with van der Waals surface area (Å²) in [7, 11) is 0. The van der Waals surface area contributed by atoms with E-state index in [1.54, 1.807) is 42.5 Å². The Hall–Kier alpha value is -6.90. The number of hydrogen-bond acceptors (Lipinski definition) is 2. The molecule has 0 amide bonds. The standard InChI is InChI=1S/C50H33NO/c1-2-10-34(11-3-1)35-20-27-40(28-21-35)51(41-29-22-38(23-30-41)44-17-8-14-36-12-4-6-15-43(36)44)42-31-24-39(25-32-42)45-18-9-19-48-49(45)47-33-26-37-13-5-7-16-46(37)50(47)52-48/h1-33H/i20D,21D,22D,23D,27D,28D,29D,30D. The molecule has 0 aliphatic carbocycles. The second-order valence-electron chi connectivity index (χ2n) is 12.7. The third-order valence-corrected chi connectivity index (χ3v) is 9.62. The first-order valence-electron chi connectivity index (χ1n) is 21.1. The Morgan fingerprint density at radius 3 is 1.71 bits per heavy atom. The molecule has 52 heavy (non-hydrogen) atoms. The van der Waals surface area contributed by atoms with E-state index in [2.05, 4.69) is 18.2 Å². The summed E-state index contributed by atoms with van der Waals surface area (Å²) < 4.78 is 81.3. The van der Waals surface area contributed by atoms with Gasteiger partial charge in [0.15, 0.2) is 0 Å². The van der Waals surface area contributed by atoms with E-state index in [1.165, 1.54) is 4.90 Å². The van der Waals surface area contributed by atoms with Crippen molar-refractivity contribution >= 4 is 60.5 Å². The van der Waals surface area contributed by atoms with Crippen molar-refractivity contribution in [2.75, 3.05) is 4.90 Å². The lowest BCUT2D eigenvalue weighted by Crippen LogP contribution is -2.09. The van der Waals surface area contributed by atoms with E-state index in [0.717, 1.165) is 54.6 Å². The van der Waals surface area contributed by atoms with Crippen molar-refractivity contribution in [3.8, 4) is 33.4 Å². The molecule has 0 N–H and O–H groups in total. The zero-order chi connectivity index (χ0) is 41.4. The van der Waals surface area contributed by atoms with Crippen LogP contribution in [0.25, 0.3) is 76.9 Å². The Kier molecular flexibility index (Phi) is 5.45. The Bertz CT molecular complexity index is 3300. The fourth-order valence-electron chi connectivity index (χ4n) is 7.12. The van der Waals surface area contributed by atoms with Gasteiger partial charge in [0.1, 0.15) is 11.2 Å². The number of rotatable bonds is 6. The van der Waals surface area contributed by atoms with E-state index in [4.69, 9.17) is 4.42 Å². The number of fused-ring (bicyclic) bond motifs is 6. The van der Waals surface area contributed by atoms with Gasteiger partial charge in [0.25, 0.3) is 0 Å². The van der Waals surface area contributed by atoms with E-state index in [0.29, 0.717) is 16.8 Å². The van der Waals surface area contributed by atoms with Crippen LogP contribution >= 0.6 is 0 Å². The normalized spacial score (nSPS) is 13.6. The van der Waals surface area contributed by atoms with Crippen LogP contribution in [-0.4, -0.2) is 0 Å². The molecular weight excluding hydrogens is 631 g/mol.